The second-order valence-electron chi connectivity index (χ2n) is 4.39. The number of ether oxygens (including phenoxy) is 2. The van der Waals surface area contributed by atoms with E-state index in [4.69, 9.17) is 9.47 Å². The zero-order chi connectivity index (χ0) is 14.3. The van der Waals surface area contributed by atoms with E-state index in [9.17, 15) is 9.18 Å². The molecule has 1 rings (SSSR count). The predicted molar refractivity (Wildman–Crippen MR) is 71.9 cm³/mol. The van der Waals surface area contributed by atoms with E-state index >= 15 is 0 Å². The minimum Gasteiger partial charge on any atom is -0.494 e. The van der Waals surface area contributed by atoms with Gasteiger partial charge in [-0.2, -0.15) is 0 Å². The number of rotatable bonds is 7. The maximum Gasteiger partial charge on any atom is 0.306 e. The molecule has 0 N–H and O–H groups in total. The third-order valence-electron chi connectivity index (χ3n) is 3.00. The van der Waals surface area contributed by atoms with Gasteiger partial charge in [0, 0.05) is 0 Å². The third kappa shape index (κ3) is 4.54. The molecule has 0 heterocycles. The van der Waals surface area contributed by atoms with Crippen LogP contribution in [0.1, 0.15) is 44.6 Å². The molecule has 0 radical (unpaired) electrons. The zero-order valence-electron chi connectivity index (χ0n) is 11.7. The minimum atomic E-state index is -0.398. The van der Waals surface area contributed by atoms with Crippen molar-refractivity contribution in [3.8, 4) is 5.75 Å². The van der Waals surface area contributed by atoms with Crippen molar-refractivity contribution in [1.29, 1.82) is 0 Å². The van der Waals surface area contributed by atoms with E-state index in [2.05, 4.69) is 0 Å². The summed E-state index contributed by atoms with van der Waals surface area (Å²) in [5.74, 6) is -0.429. The van der Waals surface area contributed by atoms with Crippen LogP contribution in [0.15, 0.2) is 18.2 Å². The number of hydrogen-bond acceptors (Lipinski definition) is 3. The molecular formula is C15H21FO3. The van der Waals surface area contributed by atoms with Crippen LogP contribution in [0.4, 0.5) is 4.39 Å². The standard InChI is InChI=1S/C15H21FO3/c1-4-6-11(10-15(17)19-5-2)12-7-8-14(18-3)13(16)9-12/h7-9,11H,4-6,10H2,1-3H3. The first-order valence-corrected chi connectivity index (χ1v) is 6.61. The van der Waals surface area contributed by atoms with Crippen LogP contribution in [-0.2, 0) is 9.53 Å². The maximum atomic E-state index is 13.7. The first kappa shape index (κ1) is 15.5. The van der Waals surface area contributed by atoms with E-state index in [0.29, 0.717) is 6.61 Å². The summed E-state index contributed by atoms with van der Waals surface area (Å²) in [5.41, 5.74) is 0.813. The van der Waals surface area contributed by atoms with Crippen molar-refractivity contribution in [1.82, 2.24) is 0 Å². The fourth-order valence-electron chi connectivity index (χ4n) is 2.09. The molecule has 1 aromatic rings. The summed E-state index contributed by atoms with van der Waals surface area (Å²) in [6.45, 7) is 4.19. The number of esters is 1. The average Bonchev–Trinajstić information content (AvgIpc) is 2.38. The smallest absolute Gasteiger partial charge is 0.306 e. The van der Waals surface area contributed by atoms with Crippen molar-refractivity contribution < 1.29 is 18.7 Å². The highest BCUT2D eigenvalue weighted by molar-refractivity contribution is 5.70. The van der Waals surface area contributed by atoms with E-state index in [1.54, 1.807) is 13.0 Å². The molecule has 106 valence electrons. The fraction of sp³-hybridized carbons (Fsp3) is 0.533. The van der Waals surface area contributed by atoms with E-state index in [1.165, 1.54) is 13.2 Å². The first-order valence-electron chi connectivity index (χ1n) is 6.61. The van der Waals surface area contributed by atoms with Crippen molar-refractivity contribution in [3.05, 3.63) is 29.6 Å². The number of hydrogen-bond donors (Lipinski definition) is 0. The molecule has 1 atom stereocenters. The maximum absolute atomic E-state index is 13.7. The van der Waals surface area contributed by atoms with Crippen molar-refractivity contribution in [3.63, 3.8) is 0 Å². The van der Waals surface area contributed by atoms with Gasteiger partial charge in [-0.1, -0.05) is 19.4 Å². The number of carbonyl (C=O) groups is 1. The van der Waals surface area contributed by atoms with Gasteiger partial charge in [0.1, 0.15) is 0 Å². The van der Waals surface area contributed by atoms with Crippen LogP contribution in [0.25, 0.3) is 0 Å². The summed E-state index contributed by atoms with van der Waals surface area (Å²) < 4.78 is 23.5. The molecule has 1 aromatic carbocycles. The predicted octanol–water partition coefficient (Wildman–Crippen LogP) is 3.67. The molecule has 0 amide bonds. The molecule has 0 fully saturated rings. The van der Waals surface area contributed by atoms with Gasteiger partial charge in [-0.05, 0) is 37.0 Å². The largest absolute Gasteiger partial charge is 0.494 e. The normalized spacial score (nSPS) is 12.0. The molecule has 0 saturated carbocycles. The summed E-state index contributed by atoms with van der Waals surface area (Å²) in [7, 11) is 1.43. The van der Waals surface area contributed by atoms with Gasteiger partial charge in [0.05, 0.1) is 20.1 Å². The van der Waals surface area contributed by atoms with Gasteiger partial charge in [-0.25, -0.2) is 4.39 Å². The average molecular weight is 268 g/mol. The summed E-state index contributed by atoms with van der Waals surface area (Å²) >= 11 is 0. The summed E-state index contributed by atoms with van der Waals surface area (Å²) in [5, 5.41) is 0. The Morgan fingerprint density at radius 1 is 1.37 bits per heavy atom. The number of methoxy groups -OCH3 is 1. The molecule has 0 aromatic heterocycles. The molecule has 4 heteroatoms. The molecule has 0 aliphatic carbocycles. The Kier molecular flexibility index (Phi) is 6.33. The Bertz CT molecular complexity index is 418. The monoisotopic (exact) mass is 268 g/mol. The molecule has 0 aliphatic heterocycles. The summed E-state index contributed by atoms with van der Waals surface area (Å²) in [6, 6.07) is 4.85. The molecule has 0 spiro atoms. The Morgan fingerprint density at radius 2 is 2.11 bits per heavy atom. The van der Waals surface area contributed by atoms with Crippen LogP contribution in [0, 0.1) is 5.82 Å². The SMILES string of the molecule is CCCC(CC(=O)OCC)c1ccc(OC)c(F)c1. The Morgan fingerprint density at radius 3 is 2.63 bits per heavy atom. The van der Waals surface area contributed by atoms with Crippen molar-refractivity contribution in [2.75, 3.05) is 13.7 Å². The quantitative estimate of drug-likeness (QED) is 0.708. The van der Waals surface area contributed by atoms with E-state index < -0.39 is 5.82 Å². The van der Waals surface area contributed by atoms with E-state index in [-0.39, 0.29) is 24.1 Å². The highest BCUT2D eigenvalue weighted by Crippen LogP contribution is 2.28. The number of carbonyl (C=O) groups excluding carboxylic acids is 1. The van der Waals surface area contributed by atoms with Gasteiger partial charge in [0.25, 0.3) is 0 Å². The second kappa shape index (κ2) is 7.77. The lowest BCUT2D eigenvalue weighted by Gasteiger charge is -2.16. The Labute approximate surface area is 113 Å². The topological polar surface area (TPSA) is 35.5 Å². The molecule has 1 unspecified atom stereocenters. The molecule has 0 saturated heterocycles. The molecule has 19 heavy (non-hydrogen) atoms. The van der Waals surface area contributed by atoms with Crippen LogP contribution in [0.5, 0.6) is 5.75 Å². The Balaban J connectivity index is 2.86. The lowest BCUT2D eigenvalue weighted by molar-refractivity contribution is -0.143. The highest BCUT2D eigenvalue weighted by Gasteiger charge is 2.17. The Hall–Kier alpha value is -1.58. The fourth-order valence-corrected chi connectivity index (χ4v) is 2.09. The van der Waals surface area contributed by atoms with Crippen LogP contribution in [0.2, 0.25) is 0 Å². The number of benzene rings is 1. The van der Waals surface area contributed by atoms with Gasteiger partial charge in [-0.3, -0.25) is 4.79 Å². The minimum absolute atomic E-state index is 0.00976. The van der Waals surface area contributed by atoms with Crippen LogP contribution >= 0.6 is 0 Å². The van der Waals surface area contributed by atoms with Gasteiger partial charge >= 0.3 is 5.97 Å². The second-order valence-corrected chi connectivity index (χ2v) is 4.39. The third-order valence-corrected chi connectivity index (χ3v) is 3.00. The van der Waals surface area contributed by atoms with Crippen molar-refractivity contribution >= 4 is 5.97 Å². The highest BCUT2D eigenvalue weighted by atomic mass is 19.1. The van der Waals surface area contributed by atoms with E-state index in [1.807, 2.05) is 13.0 Å². The van der Waals surface area contributed by atoms with Crippen LogP contribution in [-0.4, -0.2) is 19.7 Å². The summed E-state index contributed by atoms with van der Waals surface area (Å²) in [4.78, 5) is 11.6. The number of halogens is 1. The van der Waals surface area contributed by atoms with Crippen molar-refractivity contribution in [2.24, 2.45) is 0 Å². The van der Waals surface area contributed by atoms with Crippen LogP contribution < -0.4 is 4.74 Å². The molecule has 3 nitrogen and oxygen atoms in total. The first-order chi connectivity index (χ1) is 9.12. The zero-order valence-corrected chi connectivity index (χ0v) is 11.7. The van der Waals surface area contributed by atoms with Crippen molar-refractivity contribution in [2.45, 2.75) is 39.0 Å². The molecular weight excluding hydrogens is 247 g/mol. The van der Waals surface area contributed by atoms with Gasteiger partial charge in [0.15, 0.2) is 11.6 Å². The lowest BCUT2D eigenvalue weighted by Crippen LogP contribution is -2.11. The van der Waals surface area contributed by atoms with Gasteiger partial charge in [0.2, 0.25) is 0 Å². The molecule has 0 aliphatic rings. The van der Waals surface area contributed by atoms with Crippen LogP contribution in [0.3, 0.4) is 0 Å². The van der Waals surface area contributed by atoms with Gasteiger partial charge in [-0.15, -0.1) is 0 Å². The van der Waals surface area contributed by atoms with Gasteiger partial charge < -0.3 is 9.47 Å². The summed E-state index contributed by atoms with van der Waals surface area (Å²) in [6.07, 6.45) is 2.04. The molecule has 0 bridgehead atoms. The lowest BCUT2D eigenvalue weighted by atomic mass is 9.91. The van der Waals surface area contributed by atoms with E-state index in [0.717, 1.165) is 18.4 Å².